The van der Waals surface area contributed by atoms with Gasteiger partial charge in [-0.2, -0.15) is 10.2 Å². The van der Waals surface area contributed by atoms with Crippen LogP contribution in [0.25, 0.3) is 5.65 Å². The lowest BCUT2D eigenvalue weighted by Gasteiger charge is -2.33. The molecule has 1 saturated heterocycles. The molecule has 4 heterocycles. The van der Waals surface area contributed by atoms with Gasteiger partial charge in [0.15, 0.2) is 5.65 Å². The van der Waals surface area contributed by atoms with Crippen molar-refractivity contribution >= 4 is 17.2 Å². The molecule has 1 unspecified atom stereocenters. The van der Waals surface area contributed by atoms with Gasteiger partial charge in [-0.1, -0.05) is 23.7 Å². The maximum Gasteiger partial charge on any atom is 0.159 e. The first-order valence-electron chi connectivity index (χ1n) is 11.6. The first-order chi connectivity index (χ1) is 16.1. The molecule has 1 N–H and O–H groups in total. The molecule has 1 aromatic carbocycles. The Morgan fingerprint density at radius 2 is 1.94 bits per heavy atom. The van der Waals surface area contributed by atoms with Crippen LogP contribution in [0.4, 0.5) is 0 Å². The molecule has 0 bridgehead atoms. The van der Waals surface area contributed by atoms with Gasteiger partial charge in [-0.3, -0.25) is 9.58 Å². The second-order valence-corrected chi connectivity index (χ2v) is 9.39. The van der Waals surface area contributed by atoms with Crippen molar-refractivity contribution in [3.05, 3.63) is 82.0 Å². The minimum Gasteiger partial charge on any atom is -0.307 e. The van der Waals surface area contributed by atoms with E-state index in [-0.39, 0.29) is 0 Å². The fourth-order valence-corrected chi connectivity index (χ4v) is 4.92. The number of rotatable bonds is 7. The van der Waals surface area contributed by atoms with Crippen molar-refractivity contribution in [2.24, 2.45) is 7.05 Å². The topological polar surface area (TPSA) is 63.3 Å². The van der Waals surface area contributed by atoms with E-state index in [1.165, 1.54) is 24.1 Å². The molecule has 0 aliphatic carbocycles. The molecule has 1 atom stereocenters. The minimum atomic E-state index is 0.435. The van der Waals surface area contributed by atoms with Gasteiger partial charge in [0.25, 0.3) is 0 Å². The zero-order valence-electron chi connectivity index (χ0n) is 19.2. The standard InChI is InChI=1S/C25H30ClN7/c1-18-23(15-27-14-22-10-13-31(2)30-22)25-28-11-9-24(33(25)29-18)20-4-3-12-32(17-20)16-19-5-7-21(26)8-6-19/h5-11,13,20,27H,3-4,12,14-17H2,1-2H3. The summed E-state index contributed by atoms with van der Waals surface area (Å²) in [5.74, 6) is 0.435. The number of piperidine rings is 1. The van der Waals surface area contributed by atoms with E-state index >= 15 is 0 Å². The van der Waals surface area contributed by atoms with E-state index < -0.39 is 0 Å². The maximum atomic E-state index is 6.05. The molecular weight excluding hydrogens is 434 g/mol. The van der Waals surface area contributed by atoms with Crippen molar-refractivity contribution in [1.82, 2.24) is 34.6 Å². The quantitative estimate of drug-likeness (QED) is 0.447. The van der Waals surface area contributed by atoms with Gasteiger partial charge in [0.05, 0.1) is 17.1 Å². The molecule has 0 radical (unpaired) electrons. The largest absolute Gasteiger partial charge is 0.307 e. The lowest BCUT2D eigenvalue weighted by molar-refractivity contribution is 0.197. The highest BCUT2D eigenvalue weighted by Gasteiger charge is 2.25. The highest BCUT2D eigenvalue weighted by molar-refractivity contribution is 6.30. The average Bonchev–Trinajstić information content (AvgIpc) is 3.38. The van der Waals surface area contributed by atoms with Gasteiger partial charge in [-0.15, -0.1) is 0 Å². The van der Waals surface area contributed by atoms with Gasteiger partial charge in [0, 0.05) is 62.1 Å². The van der Waals surface area contributed by atoms with Crippen LogP contribution in [0.2, 0.25) is 5.02 Å². The molecule has 0 spiro atoms. The monoisotopic (exact) mass is 463 g/mol. The molecule has 5 rings (SSSR count). The number of nitrogens with zero attached hydrogens (tertiary/aromatic N) is 6. The summed E-state index contributed by atoms with van der Waals surface area (Å²) in [6, 6.07) is 12.4. The molecule has 0 amide bonds. The Bertz CT molecular complexity index is 1230. The third-order valence-electron chi connectivity index (χ3n) is 6.46. The number of halogens is 1. The van der Waals surface area contributed by atoms with E-state index in [9.17, 15) is 0 Å². The Morgan fingerprint density at radius 1 is 1.09 bits per heavy atom. The fourth-order valence-electron chi connectivity index (χ4n) is 4.79. The molecule has 0 saturated carbocycles. The number of hydrogen-bond donors (Lipinski definition) is 1. The van der Waals surface area contributed by atoms with E-state index in [0.29, 0.717) is 5.92 Å². The van der Waals surface area contributed by atoms with Crippen molar-refractivity contribution in [3.63, 3.8) is 0 Å². The van der Waals surface area contributed by atoms with Crippen LogP contribution in [0.15, 0.2) is 48.8 Å². The molecular formula is C25H30ClN7. The molecule has 1 fully saturated rings. The van der Waals surface area contributed by atoms with Gasteiger partial charge in [-0.05, 0) is 56.1 Å². The van der Waals surface area contributed by atoms with Crippen LogP contribution < -0.4 is 5.32 Å². The smallest absolute Gasteiger partial charge is 0.159 e. The average molecular weight is 464 g/mol. The molecule has 1 aliphatic rings. The van der Waals surface area contributed by atoms with Crippen LogP contribution in [-0.4, -0.2) is 42.4 Å². The third-order valence-corrected chi connectivity index (χ3v) is 6.72. The van der Waals surface area contributed by atoms with E-state index in [1.807, 2.05) is 42.3 Å². The summed E-state index contributed by atoms with van der Waals surface area (Å²) in [4.78, 5) is 7.23. The second kappa shape index (κ2) is 9.63. The van der Waals surface area contributed by atoms with E-state index in [0.717, 1.165) is 60.3 Å². The Kier molecular flexibility index (Phi) is 6.44. The summed E-state index contributed by atoms with van der Waals surface area (Å²) >= 11 is 6.05. The number of aromatic nitrogens is 5. The van der Waals surface area contributed by atoms with Crippen molar-refractivity contribution in [3.8, 4) is 0 Å². The van der Waals surface area contributed by atoms with E-state index in [4.69, 9.17) is 21.7 Å². The predicted molar refractivity (Wildman–Crippen MR) is 130 cm³/mol. The Hall–Kier alpha value is -2.74. The van der Waals surface area contributed by atoms with Crippen molar-refractivity contribution in [2.45, 2.75) is 45.3 Å². The predicted octanol–water partition coefficient (Wildman–Crippen LogP) is 4.09. The highest BCUT2D eigenvalue weighted by atomic mass is 35.5. The van der Waals surface area contributed by atoms with Gasteiger partial charge >= 0.3 is 0 Å². The van der Waals surface area contributed by atoms with Crippen LogP contribution in [0.5, 0.6) is 0 Å². The third kappa shape index (κ3) is 4.95. The Morgan fingerprint density at radius 3 is 2.73 bits per heavy atom. The van der Waals surface area contributed by atoms with Crippen LogP contribution in [0, 0.1) is 6.92 Å². The number of hydrogen-bond acceptors (Lipinski definition) is 5. The summed E-state index contributed by atoms with van der Waals surface area (Å²) in [7, 11) is 1.94. The Balaban J connectivity index is 1.31. The molecule has 8 heteroatoms. The normalized spacial score (nSPS) is 17.1. The van der Waals surface area contributed by atoms with Crippen molar-refractivity contribution < 1.29 is 0 Å². The summed E-state index contributed by atoms with van der Waals surface area (Å²) in [5.41, 5.74) is 6.71. The molecule has 1 aliphatic heterocycles. The number of nitrogens with one attached hydrogen (secondary N) is 1. The SMILES string of the molecule is Cc1nn2c(C3CCCN(Cc4ccc(Cl)cc4)C3)ccnc2c1CNCc1ccn(C)n1. The highest BCUT2D eigenvalue weighted by Crippen LogP contribution is 2.29. The fraction of sp³-hybridized carbons (Fsp3) is 0.400. The number of benzene rings is 1. The van der Waals surface area contributed by atoms with Gasteiger partial charge in [0.2, 0.25) is 0 Å². The summed E-state index contributed by atoms with van der Waals surface area (Å²) < 4.78 is 3.90. The zero-order chi connectivity index (χ0) is 22.8. The summed E-state index contributed by atoms with van der Waals surface area (Å²) in [6.07, 6.45) is 6.25. The lowest BCUT2D eigenvalue weighted by Crippen LogP contribution is -2.34. The number of aryl methyl sites for hydroxylation is 2. The second-order valence-electron chi connectivity index (χ2n) is 8.95. The minimum absolute atomic E-state index is 0.435. The molecule has 172 valence electrons. The maximum absolute atomic E-state index is 6.05. The zero-order valence-corrected chi connectivity index (χ0v) is 20.0. The van der Waals surface area contributed by atoms with Crippen LogP contribution in [0.1, 0.15) is 47.0 Å². The molecule has 4 aromatic rings. The van der Waals surface area contributed by atoms with Crippen LogP contribution in [-0.2, 0) is 26.7 Å². The number of fused-ring (bicyclic) bond motifs is 1. The lowest BCUT2D eigenvalue weighted by atomic mass is 9.94. The van der Waals surface area contributed by atoms with Gasteiger partial charge in [0.1, 0.15) is 0 Å². The first-order valence-corrected chi connectivity index (χ1v) is 11.9. The van der Waals surface area contributed by atoms with Crippen LogP contribution in [0.3, 0.4) is 0 Å². The molecule has 33 heavy (non-hydrogen) atoms. The van der Waals surface area contributed by atoms with Crippen LogP contribution >= 0.6 is 11.6 Å². The summed E-state index contributed by atoms with van der Waals surface area (Å²) in [6.45, 7) is 6.60. The van der Waals surface area contributed by atoms with Gasteiger partial charge < -0.3 is 5.32 Å². The van der Waals surface area contributed by atoms with Crippen molar-refractivity contribution in [1.29, 1.82) is 0 Å². The van der Waals surface area contributed by atoms with E-state index in [2.05, 4.69) is 45.0 Å². The summed E-state index contributed by atoms with van der Waals surface area (Å²) in [5, 5.41) is 13.6. The Labute approximate surface area is 199 Å². The first kappa shape index (κ1) is 22.1. The molecule has 7 nitrogen and oxygen atoms in total. The van der Waals surface area contributed by atoms with Crippen molar-refractivity contribution in [2.75, 3.05) is 13.1 Å². The van der Waals surface area contributed by atoms with Gasteiger partial charge in [-0.25, -0.2) is 9.50 Å². The molecule has 3 aromatic heterocycles. The van der Waals surface area contributed by atoms with E-state index in [1.54, 1.807) is 0 Å². The number of likely N-dealkylation sites (tertiary alicyclic amines) is 1.